The highest BCUT2D eigenvalue weighted by Crippen LogP contribution is 2.24. The molecule has 3 N–H and O–H groups in total. The number of aliphatic imine (C=N–C) groups is 1. The molecule has 2 aliphatic rings. The maximum absolute atomic E-state index is 5.88. The largest absolute Gasteiger partial charge is 0.379 e. The van der Waals surface area contributed by atoms with Crippen molar-refractivity contribution in [1.29, 1.82) is 0 Å². The average Bonchev–Trinajstić information content (AvgIpc) is 2.90. The van der Waals surface area contributed by atoms with Crippen molar-refractivity contribution in [3.05, 3.63) is 0 Å². The van der Waals surface area contributed by atoms with E-state index < -0.39 is 0 Å². The zero-order valence-electron chi connectivity index (χ0n) is 12.6. The first-order valence-electron chi connectivity index (χ1n) is 7.66. The van der Waals surface area contributed by atoms with Gasteiger partial charge in [0.15, 0.2) is 5.96 Å². The highest BCUT2D eigenvalue weighted by atomic mass is 16.5. The molecule has 0 aliphatic carbocycles. The van der Waals surface area contributed by atoms with Gasteiger partial charge in [-0.3, -0.25) is 9.89 Å². The van der Waals surface area contributed by atoms with E-state index in [1.54, 1.807) is 0 Å². The van der Waals surface area contributed by atoms with Crippen LogP contribution in [0.1, 0.15) is 26.2 Å². The van der Waals surface area contributed by atoms with E-state index in [1.807, 2.05) is 0 Å². The van der Waals surface area contributed by atoms with Gasteiger partial charge in [-0.15, -0.1) is 0 Å². The number of morpholine rings is 1. The molecular weight excluding hydrogens is 256 g/mol. The van der Waals surface area contributed by atoms with Gasteiger partial charge in [0.1, 0.15) is 0 Å². The summed E-state index contributed by atoms with van der Waals surface area (Å²) in [6.45, 7) is 9.35. The summed E-state index contributed by atoms with van der Waals surface area (Å²) >= 11 is 0. The molecule has 116 valence electrons. The molecule has 0 aromatic heterocycles. The van der Waals surface area contributed by atoms with E-state index in [-0.39, 0.29) is 5.60 Å². The van der Waals surface area contributed by atoms with Crippen LogP contribution >= 0.6 is 0 Å². The quantitative estimate of drug-likeness (QED) is 0.414. The number of hydrogen-bond donors (Lipinski definition) is 2. The van der Waals surface area contributed by atoms with Crippen LogP contribution in [0.4, 0.5) is 0 Å². The van der Waals surface area contributed by atoms with Crippen LogP contribution in [0.5, 0.6) is 0 Å². The van der Waals surface area contributed by atoms with Crippen molar-refractivity contribution in [3.63, 3.8) is 0 Å². The number of guanidine groups is 1. The van der Waals surface area contributed by atoms with E-state index in [2.05, 4.69) is 22.1 Å². The molecule has 0 aromatic carbocycles. The molecule has 2 fully saturated rings. The lowest BCUT2D eigenvalue weighted by molar-refractivity contribution is 0.0284. The molecule has 0 saturated carbocycles. The summed E-state index contributed by atoms with van der Waals surface area (Å²) in [6, 6.07) is 0. The highest BCUT2D eigenvalue weighted by Gasteiger charge is 2.29. The number of ether oxygens (including phenoxy) is 2. The van der Waals surface area contributed by atoms with Crippen molar-refractivity contribution in [2.45, 2.75) is 31.8 Å². The van der Waals surface area contributed by atoms with Crippen LogP contribution in [0.3, 0.4) is 0 Å². The third-order valence-corrected chi connectivity index (χ3v) is 3.95. The van der Waals surface area contributed by atoms with E-state index in [4.69, 9.17) is 15.2 Å². The normalized spacial score (nSPS) is 28.8. The zero-order chi connectivity index (χ0) is 14.3. The number of nitrogens with one attached hydrogen (secondary N) is 1. The van der Waals surface area contributed by atoms with Crippen LogP contribution in [0.25, 0.3) is 0 Å². The lowest BCUT2D eigenvalue weighted by Gasteiger charge is -2.26. The molecular formula is C14H28N4O2. The predicted octanol–water partition coefficient (Wildman–Crippen LogP) is 0.182. The van der Waals surface area contributed by atoms with Gasteiger partial charge in [0, 0.05) is 26.2 Å². The number of nitrogens with two attached hydrogens (primary N) is 1. The van der Waals surface area contributed by atoms with Gasteiger partial charge in [-0.25, -0.2) is 0 Å². The summed E-state index contributed by atoms with van der Waals surface area (Å²) in [5.74, 6) is 0.531. The summed E-state index contributed by atoms with van der Waals surface area (Å²) in [5, 5.41) is 3.18. The van der Waals surface area contributed by atoms with E-state index in [0.717, 1.165) is 65.3 Å². The van der Waals surface area contributed by atoms with Crippen LogP contribution in [0.15, 0.2) is 4.99 Å². The van der Waals surface area contributed by atoms with Crippen LogP contribution in [0, 0.1) is 0 Å². The van der Waals surface area contributed by atoms with Crippen molar-refractivity contribution in [2.75, 3.05) is 52.5 Å². The molecule has 1 atom stereocenters. The Hall–Kier alpha value is -0.850. The molecule has 1 unspecified atom stereocenters. The van der Waals surface area contributed by atoms with Gasteiger partial charge in [0.05, 0.1) is 25.4 Å². The first kappa shape index (κ1) is 15.5. The first-order chi connectivity index (χ1) is 9.68. The smallest absolute Gasteiger partial charge is 0.188 e. The minimum atomic E-state index is -0.111. The van der Waals surface area contributed by atoms with Gasteiger partial charge >= 0.3 is 0 Å². The summed E-state index contributed by atoms with van der Waals surface area (Å²) in [7, 11) is 0. The van der Waals surface area contributed by atoms with E-state index in [9.17, 15) is 0 Å². The second-order valence-electron chi connectivity index (χ2n) is 5.84. The Morgan fingerprint density at radius 3 is 2.85 bits per heavy atom. The fraction of sp³-hybridized carbons (Fsp3) is 0.929. The Morgan fingerprint density at radius 1 is 1.35 bits per heavy atom. The zero-order valence-corrected chi connectivity index (χ0v) is 12.6. The van der Waals surface area contributed by atoms with Gasteiger partial charge in [-0.2, -0.15) is 0 Å². The number of hydrogen-bond acceptors (Lipinski definition) is 4. The molecule has 2 heterocycles. The second kappa shape index (κ2) is 7.81. The Kier molecular flexibility index (Phi) is 6.06. The van der Waals surface area contributed by atoms with Crippen LogP contribution in [-0.4, -0.2) is 69.0 Å². The van der Waals surface area contributed by atoms with Gasteiger partial charge in [-0.05, 0) is 32.7 Å². The standard InChI is InChI=1S/C14H28N4O2/c1-14(4-2-9-20-14)12-17-13(15)16-5-3-6-18-7-10-19-11-8-18/h2-12H2,1H3,(H3,15,16,17). The molecule has 0 aromatic rings. The summed E-state index contributed by atoms with van der Waals surface area (Å²) in [5.41, 5.74) is 5.77. The van der Waals surface area contributed by atoms with Crippen molar-refractivity contribution in [3.8, 4) is 0 Å². The molecule has 2 aliphatic heterocycles. The molecule has 6 nitrogen and oxygen atoms in total. The highest BCUT2D eigenvalue weighted by molar-refractivity contribution is 5.77. The Morgan fingerprint density at radius 2 is 2.15 bits per heavy atom. The fourth-order valence-corrected chi connectivity index (χ4v) is 2.61. The summed E-state index contributed by atoms with van der Waals surface area (Å²) in [6.07, 6.45) is 3.27. The Labute approximate surface area is 121 Å². The number of rotatable bonds is 6. The third-order valence-electron chi connectivity index (χ3n) is 3.95. The average molecular weight is 284 g/mol. The molecule has 2 saturated heterocycles. The lowest BCUT2D eigenvalue weighted by Crippen LogP contribution is -2.39. The molecule has 20 heavy (non-hydrogen) atoms. The van der Waals surface area contributed by atoms with Crippen LogP contribution in [-0.2, 0) is 9.47 Å². The van der Waals surface area contributed by atoms with E-state index in [0.29, 0.717) is 12.5 Å². The number of nitrogens with zero attached hydrogens (tertiary/aromatic N) is 2. The van der Waals surface area contributed by atoms with Crippen LogP contribution in [0.2, 0.25) is 0 Å². The van der Waals surface area contributed by atoms with Gasteiger partial charge in [-0.1, -0.05) is 0 Å². The molecule has 0 bridgehead atoms. The van der Waals surface area contributed by atoms with Crippen LogP contribution < -0.4 is 11.1 Å². The SMILES string of the molecule is CC1(CN=C(N)NCCCN2CCOCC2)CCCO1. The third kappa shape index (κ3) is 5.26. The second-order valence-corrected chi connectivity index (χ2v) is 5.84. The minimum absolute atomic E-state index is 0.111. The maximum atomic E-state index is 5.88. The van der Waals surface area contributed by atoms with Gasteiger partial charge in [0.25, 0.3) is 0 Å². The van der Waals surface area contributed by atoms with Gasteiger partial charge in [0.2, 0.25) is 0 Å². The van der Waals surface area contributed by atoms with E-state index in [1.165, 1.54) is 0 Å². The fourth-order valence-electron chi connectivity index (χ4n) is 2.61. The first-order valence-corrected chi connectivity index (χ1v) is 7.66. The maximum Gasteiger partial charge on any atom is 0.188 e. The monoisotopic (exact) mass is 284 g/mol. The molecule has 0 spiro atoms. The van der Waals surface area contributed by atoms with Gasteiger partial charge < -0.3 is 20.5 Å². The van der Waals surface area contributed by atoms with E-state index >= 15 is 0 Å². The van der Waals surface area contributed by atoms with Crippen molar-refractivity contribution >= 4 is 5.96 Å². The molecule has 6 heteroatoms. The molecule has 0 amide bonds. The predicted molar refractivity (Wildman–Crippen MR) is 80.0 cm³/mol. The Bertz CT molecular complexity index is 310. The molecule has 0 radical (unpaired) electrons. The molecule has 2 rings (SSSR count). The lowest BCUT2D eigenvalue weighted by atomic mass is 10.0. The van der Waals surface area contributed by atoms with Crippen molar-refractivity contribution < 1.29 is 9.47 Å². The Balaban J connectivity index is 1.56. The summed E-state index contributed by atoms with van der Waals surface area (Å²) in [4.78, 5) is 6.81. The summed E-state index contributed by atoms with van der Waals surface area (Å²) < 4.78 is 11.0. The minimum Gasteiger partial charge on any atom is -0.379 e. The van der Waals surface area contributed by atoms with Crippen molar-refractivity contribution in [1.82, 2.24) is 10.2 Å². The van der Waals surface area contributed by atoms with Crippen molar-refractivity contribution in [2.24, 2.45) is 10.7 Å². The topological polar surface area (TPSA) is 72.1 Å².